The average Bonchev–Trinajstić information content (AvgIpc) is 3.03. The molecule has 1 aromatic rings. The zero-order chi connectivity index (χ0) is 11.5. The van der Waals surface area contributed by atoms with Crippen molar-refractivity contribution in [2.45, 2.75) is 18.9 Å². The molecule has 1 aliphatic rings. The topological polar surface area (TPSA) is 41.1 Å². The number of anilines is 1. The van der Waals surface area contributed by atoms with Gasteiger partial charge in [-0.2, -0.15) is 0 Å². The fourth-order valence-corrected chi connectivity index (χ4v) is 2.46. The second-order valence-corrected chi connectivity index (χ2v) is 5.60. The first-order valence-corrected chi connectivity index (χ1v) is 6.72. The summed E-state index contributed by atoms with van der Waals surface area (Å²) in [5, 5.41) is 6.02. The quantitative estimate of drug-likeness (QED) is 0.879. The minimum atomic E-state index is -0.00470. The van der Waals surface area contributed by atoms with Crippen molar-refractivity contribution in [3.05, 3.63) is 27.1 Å². The van der Waals surface area contributed by atoms with E-state index in [-0.39, 0.29) is 5.91 Å². The number of amides is 1. The number of halogens is 2. The highest BCUT2D eigenvalue weighted by molar-refractivity contribution is 9.11. The monoisotopic (exact) mass is 346 g/mol. The molecule has 0 radical (unpaired) electrons. The molecule has 5 heteroatoms. The summed E-state index contributed by atoms with van der Waals surface area (Å²) < 4.78 is 1.86. The highest BCUT2D eigenvalue weighted by atomic mass is 79.9. The summed E-state index contributed by atoms with van der Waals surface area (Å²) in [4.78, 5) is 11.6. The molecule has 1 saturated carbocycles. The van der Waals surface area contributed by atoms with Crippen LogP contribution in [0.5, 0.6) is 0 Å². The highest BCUT2D eigenvalue weighted by Crippen LogP contribution is 2.26. The predicted octanol–water partition coefficient (Wildman–Crippen LogP) is 2.90. The van der Waals surface area contributed by atoms with Crippen LogP contribution in [0.25, 0.3) is 0 Å². The molecule has 86 valence electrons. The van der Waals surface area contributed by atoms with Gasteiger partial charge in [0.1, 0.15) is 0 Å². The lowest BCUT2D eigenvalue weighted by atomic mass is 10.3. The standard InChI is InChI=1S/C11H12Br2N2O/c12-7-1-4-10(9(13)5-7)15-11(16)6-14-8-2-3-8/h1,4-5,8,14H,2-3,6H2,(H,15,16). The molecule has 1 aliphatic carbocycles. The van der Waals surface area contributed by atoms with Crippen molar-refractivity contribution in [2.24, 2.45) is 0 Å². The second kappa shape index (κ2) is 5.29. The van der Waals surface area contributed by atoms with Gasteiger partial charge in [-0.05, 0) is 47.0 Å². The maximum Gasteiger partial charge on any atom is 0.238 e. The van der Waals surface area contributed by atoms with E-state index in [0.717, 1.165) is 14.6 Å². The summed E-state index contributed by atoms with van der Waals surface area (Å²) in [6, 6.07) is 6.22. The molecule has 0 aliphatic heterocycles. The van der Waals surface area contributed by atoms with E-state index in [0.29, 0.717) is 12.6 Å². The van der Waals surface area contributed by atoms with Gasteiger partial charge in [0.2, 0.25) is 5.91 Å². The van der Waals surface area contributed by atoms with Gasteiger partial charge < -0.3 is 10.6 Å². The summed E-state index contributed by atoms with van der Waals surface area (Å²) in [6.45, 7) is 0.382. The van der Waals surface area contributed by atoms with Crippen LogP contribution in [0.4, 0.5) is 5.69 Å². The zero-order valence-corrected chi connectivity index (χ0v) is 11.8. The number of hydrogen-bond donors (Lipinski definition) is 2. The number of carbonyl (C=O) groups is 1. The minimum absolute atomic E-state index is 0.00470. The summed E-state index contributed by atoms with van der Waals surface area (Å²) in [7, 11) is 0. The molecule has 0 aromatic heterocycles. The van der Waals surface area contributed by atoms with Gasteiger partial charge in [0, 0.05) is 15.0 Å². The number of rotatable bonds is 4. The molecular weight excluding hydrogens is 336 g/mol. The third-order valence-corrected chi connectivity index (χ3v) is 3.48. The van der Waals surface area contributed by atoms with Gasteiger partial charge in [-0.25, -0.2) is 0 Å². The summed E-state index contributed by atoms with van der Waals surface area (Å²) in [6.07, 6.45) is 2.38. The number of nitrogens with one attached hydrogen (secondary N) is 2. The van der Waals surface area contributed by atoms with E-state index >= 15 is 0 Å². The van der Waals surface area contributed by atoms with Crippen LogP contribution in [0, 0.1) is 0 Å². The number of carbonyl (C=O) groups excluding carboxylic acids is 1. The number of hydrogen-bond acceptors (Lipinski definition) is 2. The first-order chi connectivity index (χ1) is 7.65. The molecule has 0 spiro atoms. The summed E-state index contributed by atoms with van der Waals surface area (Å²) in [5.74, 6) is -0.00470. The maximum absolute atomic E-state index is 11.6. The maximum atomic E-state index is 11.6. The zero-order valence-electron chi connectivity index (χ0n) is 8.59. The van der Waals surface area contributed by atoms with Crippen molar-refractivity contribution in [3.8, 4) is 0 Å². The number of benzene rings is 1. The molecule has 0 unspecified atom stereocenters. The van der Waals surface area contributed by atoms with Crippen LogP contribution in [0.2, 0.25) is 0 Å². The van der Waals surface area contributed by atoms with E-state index in [1.54, 1.807) is 0 Å². The molecule has 0 heterocycles. The van der Waals surface area contributed by atoms with E-state index in [9.17, 15) is 4.79 Å². The Bertz CT molecular complexity index is 405. The lowest BCUT2D eigenvalue weighted by Crippen LogP contribution is -2.29. The Hall–Kier alpha value is -0.390. The average molecular weight is 348 g/mol. The molecule has 0 saturated heterocycles. The summed E-state index contributed by atoms with van der Waals surface area (Å²) in [5.41, 5.74) is 0.797. The summed E-state index contributed by atoms with van der Waals surface area (Å²) >= 11 is 6.77. The molecule has 1 aromatic carbocycles. The smallest absolute Gasteiger partial charge is 0.238 e. The van der Waals surface area contributed by atoms with E-state index in [1.165, 1.54) is 12.8 Å². The van der Waals surface area contributed by atoms with Crippen LogP contribution in [-0.4, -0.2) is 18.5 Å². The lowest BCUT2D eigenvalue weighted by molar-refractivity contribution is -0.115. The Labute approximate surface area is 111 Å². The third kappa shape index (κ3) is 3.57. The third-order valence-electron chi connectivity index (χ3n) is 2.33. The molecule has 1 amide bonds. The molecule has 0 atom stereocenters. The van der Waals surface area contributed by atoms with Crippen LogP contribution in [0.3, 0.4) is 0 Å². The van der Waals surface area contributed by atoms with Crippen LogP contribution >= 0.6 is 31.9 Å². The second-order valence-electron chi connectivity index (χ2n) is 3.83. The van der Waals surface area contributed by atoms with E-state index in [1.807, 2.05) is 18.2 Å². The molecule has 2 N–H and O–H groups in total. The van der Waals surface area contributed by atoms with Gasteiger partial charge in [0.15, 0.2) is 0 Å². The fourth-order valence-electron chi connectivity index (χ4n) is 1.31. The van der Waals surface area contributed by atoms with Crippen molar-refractivity contribution in [1.82, 2.24) is 5.32 Å². The van der Waals surface area contributed by atoms with Crippen molar-refractivity contribution in [2.75, 3.05) is 11.9 Å². The van der Waals surface area contributed by atoms with Gasteiger partial charge in [0.25, 0.3) is 0 Å². The normalized spacial score (nSPS) is 14.9. The largest absolute Gasteiger partial charge is 0.324 e. The molecule has 0 bridgehead atoms. The van der Waals surface area contributed by atoms with Gasteiger partial charge in [0.05, 0.1) is 12.2 Å². The van der Waals surface area contributed by atoms with Crippen LogP contribution in [0.1, 0.15) is 12.8 Å². The van der Waals surface area contributed by atoms with Gasteiger partial charge >= 0.3 is 0 Å². The Balaban J connectivity index is 1.89. The van der Waals surface area contributed by atoms with Gasteiger partial charge in [-0.1, -0.05) is 15.9 Å². The first kappa shape index (κ1) is 12.1. The van der Waals surface area contributed by atoms with Crippen molar-refractivity contribution < 1.29 is 4.79 Å². The lowest BCUT2D eigenvalue weighted by Gasteiger charge is -2.08. The van der Waals surface area contributed by atoms with Crippen molar-refractivity contribution in [3.63, 3.8) is 0 Å². The van der Waals surface area contributed by atoms with Crippen LogP contribution < -0.4 is 10.6 Å². The molecule has 1 fully saturated rings. The fraction of sp³-hybridized carbons (Fsp3) is 0.364. The Morgan fingerprint density at radius 3 is 2.75 bits per heavy atom. The predicted molar refractivity (Wildman–Crippen MR) is 71.5 cm³/mol. The molecular formula is C11H12Br2N2O. The minimum Gasteiger partial charge on any atom is -0.324 e. The van der Waals surface area contributed by atoms with E-state index in [4.69, 9.17) is 0 Å². The Morgan fingerprint density at radius 2 is 2.12 bits per heavy atom. The van der Waals surface area contributed by atoms with Crippen LogP contribution in [0.15, 0.2) is 27.1 Å². The Kier molecular flexibility index (Phi) is 4.00. The van der Waals surface area contributed by atoms with Gasteiger partial charge in [-0.3, -0.25) is 4.79 Å². The first-order valence-electron chi connectivity index (χ1n) is 5.13. The van der Waals surface area contributed by atoms with Crippen molar-refractivity contribution in [1.29, 1.82) is 0 Å². The van der Waals surface area contributed by atoms with E-state index < -0.39 is 0 Å². The Morgan fingerprint density at radius 1 is 1.38 bits per heavy atom. The van der Waals surface area contributed by atoms with Gasteiger partial charge in [-0.15, -0.1) is 0 Å². The van der Waals surface area contributed by atoms with Crippen LogP contribution in [-0.2, 0) is 4.79 Å². The van der Waals surface area contributed by atoms with Crippen molar-refractivity contribution >= 4 is 43.5 Å². The molecule has 3 nitrogen and oxygen atoms in total. The highest BCUT2D eigenvalue weighted by Gasteiger charge is 2.21. The SMILES string of the molecule is O=C(CNC1CC1)Nc1ccc(Br)cc1Br. The molecule has 2 rings (SSSR count). The van der Waals surface area contributed by atoms with E-state index in [2.05, 4.69) is 42.5 Å². The molecule has 16 heavy (non-hydrogen) atoms.